The minimum absolute atomic E-state index is 0.233. The molecule has 0 radical (unpaired) electrons. The van der Waals surface area contributed by atoms with E-state index in [0.717, 1.165) is 40.6 Å². The number of aliphatic hydroxyl groups excluding tert-OH is 2. The molecule has 1 aromatic carbocycles. The number of ether oxygens (including phenoxy) is 1. The lowest BCUT2D eigenvalue weighted by molar-refractivity contribution is -0.137. The monoisotopic (exact) mass is 548 g/mol. The first-order valence-corrected chi connectivity index (χ1v) is 13.5. The third kappa shape index (κ3) is 5.44. The highest BCUT2D eigenvalue weighted by atomic mass is 16.5. The van der Waals surface area contributed by atoms with Gasteiger partial charge in [0.2, 0.25) is 11.8 Å². The van der Waals surface area contributed by atoms with Crippen molar-refractivity contribution in [3.05, 3.63) is 70.1 Å². The average Bonchev–Trinajstić information content (AvgIpc) is 3.21. The van der Waals surface area contributed by atoms with E-state index >= 15 is 0 Å². The lowest BCUT2D eigenvalue weighted by atomic mass is 9.67. The van der Waals surface area contributed by atoms with Gasteiger partial charge < -0.3 is 20.1 Å². The summed E-state index contributed by atoms with van der Waals surface area (Å²) >= 11 is 0. The number of phenolic OH excluding ortho intramolecular Hbond substituents is 1. The number of aryl methyl sites for hydroxylation is 2. The number of rotatable bonds is 8. The second kappa shape index (κ2) is 12.1. The van der Waals surface area contributed by atoms with Gasteiger partial charge in [-0.2, -0.15) is 4.90 Å². The van der Waals surface area contributed by atoms with Crippen molar-refractivity contribution in [2.24, 2.45) is 17.8 Å². The van der Waals surface area contributed by atoms with Crippen LogP contribution in [-0.4, -0.2) is 62.9 Å². The number of hydrogen-bond acceptors (Lipinski definition) is 8. The smallest absolute Gasteiger partial charge is 0.423 e. The molecule has 1 aliphatic heterocycles. The molecule has 4 atom stereocenters. The number of imide groups is 3. The van der Waals surface area contributed by atoms with Gasteiger partial charge in [-0.15, -0.1) is 0 Å². The number of aliphatic hydroxyl groups is 2. The molecule has 4 rings (SSSR count). The van der Waals surface area contributed by atoms with Crippen LogP contribution in [0.2, 0.25) is 0 Å². The number of methoxy groups -OCH3 is 1. The van der Waals surface area contributed by atoms with E-state index in [1.807, 2.05) is 57.2 Å². The summed E-state index contributed by atoms with van der Waals surface area (Å²) in [5.74, 6) is -3.58. The maximum absolute atomic E-state index is 13.2. The van der Waals surface area contributed by atoms with Crippen LogP contribution in [-0.2, 0) is 14.3 Å². The summed E-state index contributed by atoms with van der Waals surface area (Å²) in [6, 6.07) is 9.37. The minimum atomic E-state index is -1.04. The quantitative estimate of drug-likeness (QED) is 0.330. The molecule has 212 valence electrons. The van der Waals surface area contributed by atoms with E-state index in [2.05, 4.69) is 9.72 Å². The van der Waals surface area contributed by atoms with E-state index < -0.39 is 48.4 Å². The Balaban J connectivity index is 1.65. The maximum Gasteiger partial charge on any atom is 0.423 e. The van der Waals surface area contributed by atoms with Gasteiger partial charge in [-0.25, -0.2) is 4.79 Å². The van der Waals surface area contributed by atoms with Crippen molar-refractivity contribution in [2.45, 2.75) is 52.6 Å². The molecule has 2 heterocycles. The van der Waals surface area contributed by atoms with Gasteiger partial charge in [0.1, 0.15) is 5.75 Å². The molecule has 1 aromatic heterocycles. The number of allylic oxidation sites excluding steroid dienone is 2. The molecule has 3 amide bonds. The first-order chi connectivity index (χ1) is 19.1. The van der Waals surface area contributed by atoms with Gasteiger partial charge in [-0.1, -0.05) is 18.6 Å². The van der Waals surface area contributed by atoms with Gasteiger partial charge in [0.25, 0.3) is 0 Å². The third-order valence-electron chi connectivity index (χ3n) is 8.06. The Labute approximate surface area is 233 Å². The first-order valence-electron chi connectivity index (χ1n) is 13.5. The highest BCUT2D eigenvalue weighted by Gasteiger charge is 2.57. The van der Waals surface area contributed by atoms with Crippen molar-refractivity contribution in [3.63, 3.8) is 0 Å². The van der Waals surface area contributed by atoms with Crippen LogP contribution in [0.1, 0.15) is 55.0 Å². The molecule has 2 aliphatic rings. The van der Waals surface area contributed by atoms with Gasteiger partial charge in [-0.3, -0.25) is 14.6 Å². The first kappa shape index (κ1) is 29.2. The van der Waals surface area contributed by atoms with Gasteiger partial charge in [-0.05, 0) is 97.7 Å². The normalized spacial score (nSPS) is 22.0. The Bertz CT molecular complexity index is 1340. The van der Waals surface area contributed by atoms with Crippen molar-refractivity contribution in [2.75, 3.05) is 13.7 Å². The molecule has 0 spiro atoms. The predicted molar refractivity (Wildman–Crippen MR) is 149 cm³/mol. The number of aromatic hydroxyl groups is 1. The van der Waals surface area contributed by atoms with Gasteiger partial charge in [0.05, 0.1) is 37.4 Å². The number of fused-ring (bicyclic) bond motifs is 1. The standard InChI is InChI=1S/C31H36N2O7/c1-5-20-15-22-27(30(38)33(29(22)37)31(39)40-4)23(16-34)26(20)25(35)10-9-21(24-8-6-7-11-32-24)14-19-12-17(2)28(36)18(3)13-19/h6-8,11-14,22-23,25,27,34-36H,5,9-10,15-16H2,1-4H3/b21-14-/t22-,23+,25-,27-/m1/s1. The van der Waals surface area contributed by atoms with Crippen molar-refractivity contribution < 1.29 is 34.4 Å². The summed E-state index contributed by atoms with van der Waals surface area (Å²) in [7, 11) is 1.10. The summed E-state index contributed by atoms with van der Waals surface area (Å²) < 4.78 is 4.65. The Morgan fingerprint density at radius 1 is 1.20 bits per heavy atom. The van der Waals surface area contributed by atoms with Crippen molar-refractivity contribution in [1.82, 2.24) is 9.88 Å². The van der Waals surface area contributed by atoms with Crippen LogP contribution in [0, 0.1) is 31.6 Å². The molecule has 1 aliphatic carbocycles. The number of likely N-dealkylation sites (tertiary alicyclic amines) is 1. The Kier molecular flexibility index (Phi) is 8.85. The fraction of sp³-hybridized carbons (Fsp3) is 0.419. The van der Waals surface area contributed by atoms with Crippen molar-refractivity contribution in [1.29, 1.82) is 0 Å². The van der Waals surface area contributed by atoms with Crippen LogP contribution in [0.5, 0.6) is 5.75 Å². The molecule has 0 saturated carbocycles. The number of hydrogen-bond donors (Lipinski definition) is 3. The number of phenols is 1. The number of carbonyl (C=O) groups excluding carboxylic acids is 3. The zero-order chi connectivity index (χ0) is 29.1. The molecular formula is C31H36N2O7. The minimum Gasteiger partial charge on any atom is -0.507 e. The summed E-state index contributed by atoms with van der Waals surface area (Å²) in [6.45, 7) is 5.14. The van der Waals surface area contributed by atoms with Crippen molar-refractivity contribution in [3.8, 4) is 5.75 Å². The van der Waals surface area contributed by atoms with Crippen LogP contribution in [0.4, 0.5) is 4.79 Å². The lowest BCUT2D eigenvalue weighted by Crippen LogP contribution is -2.40. The van der Waals surface area contributed by atoms with Crippen LogP contribution < -0.4 is 0 Å². The van der Waals surface area contributed by atoms with E-state index in [-0.39, 0.29) is 18.6 Å². The summed E-state index contributed by atoms with van der Waals surface area (Å²) in [5, 5.41) is 32.1. The third-order valence-corrected chi connectivity index (χ3v) is 8.06. The number of aromatic nitrogens is 1. The predicted octanol–water partition coefficient (Wildman–Crippen LogP) is 4.17. The summed E-state index contributed by atoms with van der Waals surface area (Å²) in [5.41, 5.74) is 5.40. The molecule has 3 N–H and O–H groups in total. The molecule has 2 aromatic rings. The highest BCUT2D eigenvalue weighted by Crippen LogP contribution is 2.47. The van der Waals surface area contributed by atoms with Crippen LogP contribution in [0.3, 0.4) is 0 Å². The zero-order valence-electron chi connectivity index (χ0n) is 23.3. The fourth-order valence-corrected chi connectivity index (χ4v) is 6.12. The van der Waals surface area contributed by atoms with E-state index in [9.17, 15) is 29.7 Å². The van der Waals surface area contributed by atoms with Crippen LogP contribution in [0.15, 0.2) is 47.7 Å². The van der Waals surface area contributed by atoms with Gasteiger partial charge >= 0.3 is 6.09 Å². The van der Waals surface area contributed by atoms with Crippen molar-refractivity contribution >= 4 is 29.6 Å². The topological polar surface area (TPSA) is 137 Å². The Morgan fingerprint density at radius 3 is 2.48 bits per heavy atom. The molecule has 9 nitrogen and oxygen atoms in total. The zero-order valence-corrected chi connectivity index (χ0v) is 23.3. The van der Waals surface area contributed by atoms with Crippen LogP contribution >= 0.6 is 0 Å². The van der Waals surface area contributed by atoms with Gasteiger partial charge in [0.15, 0.2) is 0 Å². The second-order valence-corrected chi connectivity index (χ2v) is 10.5. The molecule has 1 fully saturated rings. The lowest BCUT2D eigenvalue weighted by Gasteiger charge is -2.36. The van der Waals surface area contributed by atoms with Crippen LogP contribution in [0.25, 0.3) is 11.6 Å². The summed E-state index contributed by atoms with van der Waals surface area (Å²) in [6.07, 6.45) is 3.14. The fourth-order valence-electron chi connectivity index (χ4n) is 6.12. The molecule has 0 unspecified atom stereocenters. The Hall–Kier alpha value is -3.82. The number of carbonyl (C=O) groups is 3. The van der Waals surface area contributed by atoms with E-state index in [1.54, 1.807) is 6.20 Å². The van der Waals surface area contributed by atoms with E-state index in [0.29, 0.717) is 23.3 Å². The second-order valence-electron chi connectivity index (χ2n) is 10.5. The van der Waals surface area contributed by atoms with E-state index in [4.69, 9.17) is 0 Å². The molecule has 9 heteroatoms. The number of amides is 3. The number of benzene rings is 1. The largest absolute Gasteiger partial charge is 0.507 e. The SMILES string of the molecule is CCC1=C([C@H](O)CC/C(=C/c2cc(C)c(O)c(C)c2)c2ccccn2)[C@H](CO)[C@@H]2C(=O)N(C(=O)OC)C(=O)[C@@H]2C1. The molecule has 40 heavy (non-hydrogen) atoms. The van der Waals surface area contributed by atoms with Gasteiger partial charge in [0, 0.05) is 12.1 Å². The summed E-state index contributed by atoms with van der Waals surface area (Å²) in [4.78, 5) is 43.3. The Morgan fingerprint density at radius 2 is 1.90 bits per heavy atom. The molecular weight excluding hydrogens is 512 g/mol. The molecule has 0 bridgehead atoms. The number of pyridine rings is 1. The maximum atomic E-state index is 13.2. The number of nitrogens with zero attached hydrogens (tertiary/aromatic N) is 2. The molecule has 1 saturated heterocycles. The highest BCUT2D eigenvalue weighted by molar-refractivity contribution is 6.16. The van der Waals surface area contributed by atoms with E-state index in [1.165, 1.54) is 0 Å². The average molecular weight is 549 g/mol.